The quantitative estimate of drug-likeness (QED) is 0.554. The fourth-order valence-electron chi connectivity index (χ4n) is 1.79. The Labute approximate surface area is 96.2 Å². The van der Waals surface area contributed by atoms with Crippen molar-refractivity contribution >= 4 is 10.2 Å². The lowest BCUT2D eigenvalue weighted by Gasteiger charge is -2.27. The number of nitrogens with zero attached hydrogens (tertiary/aromatic N) is 1. The third-order valence-corrected chi connectivity index (χ3v) is 4.89. The molecule has 0 amide bonds. The molecule has 0 unspecified atom stereocenters. The summed E-state index contributed by atoms with van der Waals surface area (Å²) in [7, 11) is -3.35. The summed E-state index contributed by atoms with van der Waals surface area (Å²) in [4.78, 5) is 0. The van der Waals surface area contributed by atoms with Crippen molar-refractivity contribution in [1.29, 1.82) is 0 Å². The normalized spacial score (nSPS) is 25.6. The third-order valence-electron chi connectivity index (χ3n) is 3.34. The van der Waals surface area contributed by atoms with Crippen molar-refractivity contribution in [2.75, 3.05) is 39.3 Å². The van der Waals surface area contributed by atoms with Crippen LogP contribution >= 0.6 is 0 Å². The maximum atomic E-state index is 11.9. The van der Waals surface area contributed by atoms with E-state index in [0.29, 0.717) is 32.7 Å². The maximum absolute atomic E-state index is 11.9. The molecule has 0 bridgehead atoms. The molecule has 0 radical (unpaired) electrons. The Hall–Kier alpha value is -0.210. The Bertz CT molecular complexity index is 334. The Morgan fingerprint density at radius 3 is 2.44 bits per heavy atom. The molecule has 16 heavy (non-hydrogen) atoms. The summed E-state index contributed by atoms with van der Waals surface area (Å²) in [6.07, 6.45) is 1.82. The Morgan fingerprint density at radius 2 is 1.94 bits per heavy atom. The van der Waals surface area contributed by atoms with Gasteiger partial charge in [-0.25, -0.2) is 4.72 Å². The van der Waals surface area contributed by atoms with Crippen LogP contribution in [0, 0.1) is 5.41 Å². The zero-order chi connectivity index (χ0) is 11.6. The molecule has 1 aliphatic heterocycles. The van der Waals surface area contributed by atoms with Crippen LogP contribution in [0.5, 0.6) is 0 Å². The van der Waals surface area contributed by atoms with Gasteiger partial charge < -0.3 is 10.4 Å². The summed E-state index contributed by atoms with van der Waals surface area (Å²) in [6.45, 7) is 2.86. The first kappa shape index (κ1) is 12.3. The number of nitrogens with one attached hydrogen (secondary N) is 2. The molecule has 0 spiro atoms. The molecule has 2 aliphatic rings. The van der Waals surface area contributed by atoms with Crippen LogP contribution in [0.1, 0.15) is 12.8 Å². The predicted octanol–water partition coefficient (Wildman–Crippen LogP) is -1.50. The SMILES string of the molecule is O=S(=O)(NCC1(CO)CC1)N1CCNCC1. The molecule has 2 rings (SSSR count). The first-order chi connectivity index (χ1) is 7.58. The fraction of sp³-hybridized carbons (Fsp3) is 1.00. The molecule has 94 valence electrons. The van der Waals surface area contributed by atoms with Crippen molar-refractivity contribution in [2.45, 2.75) is 12.8 Å². The van der Waals surface area contributed by atoms with E-state index in [2.05, 4.69) is 10.0 Å². The van der Waals surface area contributed by atoms with Crippen LogP contribution in [0.15, 0.2) is 0 Å². The molecule has 1 saturated heterocycles. The van der Waals surface area contributed by atoms with E-state index in [1.54, 1.807) is 0 Å². The van der Waals surface area contributed by atoms with Crippen molar-refractivity contribution in [3.63, 3.8) is 0 Å². The minimum atomic E-state index is -3.35. The molecule has 3 N–H and O–H groups in total. The van der Waals surface area contributed by atoms with Gasteiger partial charge in [0.15, 0.2) is 0 Å². The number of piperazine rings is 1. The van der Waals surface area contributed by atoms with E-state index in [1.165, 1.54) is 4.31 Å². The van der Waals surface area contributed by atoms with Gasteiger partial charge in [0.25, 0.3) is 10.2 Å². The van der Waals surface area contributed by atoms with Gasteiger partial charge in [-0.3, -0.25) is 0 Å². The first-order valence-electron chi connectivity index (χ1n) is 5.64. The topological polar surface area (TPSA) is 81.7 Å². The van der Waals surface area contributed by atoms with Crippen LogP contribution in [0.4, 0.5) is 0 Å². The second-order valence-corrected chi connectivity index (χ2v) is 6.39. The number of aliphatic hydroxyl groups is 1. The van der Waals surface area contributed by atoms with Crippen LogP contribution in [0.25, 0.3) is 0 Å². The lowest BCUT2D eigenvalue weighted by Crippen LogP contribution is -2.51. The maximum Gasteiger partial charge on any atom is 0.279 e. The van der Waals surface area contributed by atoms with Gasteiger partial charge in [-0.2, -0.15) is 12.7 Å². The van der Waals surface area contributed by atoms with E-state index in [9.17, 15) is 8.42 Å². The number of hydrogen-bond donors (Lipinski definition) is 3. The Morgan fingerprint density at radius 1 is 1.31 bits per heavy atom. The van der Waals surface area contributed by atoms with Crippen LogP contribution in [0.2, 0.25) is 0 Å². The van der Waals surface area contributed by atoms with Gasteiger partial charge in [0.2, 0.25) is 0 Å². The van der Waals surface area contributed by atoms with Gasteiger partial charge in [-0.15, -0.1) is 0 Å². The van der Waals surface area contributed by atoms with Crippen molar-refractivity contribution in [3.05, 3.63) is 0 Å². The minimum absolute atomic E-state index is 0.0665. The molecule has 6 nitrogen and oxygen atoms in total. The highest BCUT2D eigenvalue weighted by molar-refractivity contribution is 7.87. The highest BCUT2D eigenvalue weighted by Crippen LogP contribution is 2.44. The van der Waals surface area contributed by atoms with Gasteiger partial charge in [0.1, 0.15) is 0 Å². The Balaban J connectivity index is 1.87. The zero-order valence-corrected chi connectivity index (χ0v) is 10.1. The highest BCUT2D eigenvalue weighted by atomic mass is 32.2. The van der Waals surface area contributed by atoms with Crippen molar-refractivity contribution in [2.24, 2.45) is 5.41 Å². The van der Waals surface area contributed by atoms with Gasteiger partial charge in [0.05, 0.1) is 0 Å². The molecule has 0 aromatic carbocycles. The molecule has 1 saturated carbocycles. The van der Waals surface area contributed by atoms with Crippen LogP contribution in [-0.4, -0.2) is 57.2 Å². The average Bonchev–Trinajstić information content (AvgIpc) is 3.09. The van der Waals surface area contributed by atoms with Gasteiger partial charge in [0, 0.05) is 44.7 Å². The molecule has 0 aromatic rings. The summed E-state index contributed by atoms with van der Waals surface area (Å²) in [5, 5.41) is 12.2. The lowest BCUT2D eigenvalue weighted by molar-refractivity contribution is 0.212. The number of hydrogen-bond acceptors (Lipinski definition) is 4. The highest BCUT2D eigenvalue weighted by Gasteiger charge is 2.43. The number of aliphatic hydroxyl groups excluding tert-OH is 1. The van der Waals surface area contributed by atoms with E-state index in [0.717, 1.165) is 12.8 Å². The fourth-order valence-corrected chi connectivity index (χ4v) is 3.12. The molecule has 0 aromatic heterocycles. The van der Waals surface area contributed by atoms with E-state index >= 15 is 0 Å². The van der Waals surface area contributed by atoms with Crippen LogP contribution in [-0.2, 0) is 10.2 Å². The summed E-state index contributed by atoms with van der Waals surface area (Å²) in [6, 6.07) is 0. The standard InChI is InChI=1S/C9H19N3O3S/c13-8-9(1-2-9)7-11-16(14,15)12-5-3-10-4-6-12/h10-11,13H,1-8H2. The third kappa shape index (κ3) is 2.72. The second-order valence-electron chi connectivity index (χ2n) is 4.63. The summed E-state index contributed by atoms with van der Waals surface area (Å²) >= 11 is 0. The van der Waals surface area contributed by atoms with Crippen LogP contribution in [0.3, 0.4) is 0 Å². The summed E-state index contributed by atoms with van der Waals surface area (Å²) in [5.74, 6) is 0. The molecular weight excluding hydrogens is 230 g/mol. The Kier molecular flexibility index (Phi) is 3.50. The molecule has 1 aliphatic carbocycles. The molecule has 1 heterocycles. The van der Waals surface area contributed by atoms with Crippen molar-refractivity contribution in [3.8, 4) is 0 Å². The van der Waals surface area contributed by atoms with E-state index in [1.807, 2.05) is 0 Å². The number of rotatable bonds is 5. The monoisotopic (exact) mass is 249 g/mol. The molecular formula is C9H19N3O3S. The van der Waals surface area contributed by atoms with Gasteiger partial charge >= 0.3 is 0 Å². The molecule has 0 atom stereocenters. The van der Waals surface area contributed by atoms with E-state index in [4.69, 9.17) is 5.11 Å². The summed E-state index contributed by atoms with van der Waals surface area (Å²) < 4.78 is 27.8. The average molecular weight is 249 g/mol. The second kappa shape index (κ2) is 4.58. The lowest BCUT2D eigenvalue weighted by atomic mass is 10.1. The van der Waals surface area contributed by atoms with Gasteiger partial charge in [-0.05, 0) is 12.8 Å². The van der Waals surface area contributed by atoms with E-state index < -0.39 is 10.2 Å². The molecule has 7 heteroatoms. The van der Waals surface area contributed by atoms with E-state index in [-0.39, 0.29) is 12.0 Å². The van der Waals surface area contributed by atoms with Crippen molar-refractivity contribution in [1.82, 2.24) is 14.3 Å². The smallest absolute Gasteiger partial charge is 0.279 e. The molecule has 2 fully saturated rings. The first-order valence-corrected chi connectivity index (χ1v) is 7.08. The zero-order valence-electron chi connectivity index (χ0n) is 9.28. The minimum Gasteiger partial charge on any atom is -0.396 e. The van der Waals surface area contributed by atoms with Gasteiger partial charge in [-0.1, -0.05) is 0 Å². The van der Waals surface area contributed by atoms with Crippen LogP contribution < -0.4 is 10.0 Å². The predicted molar refractivity (Wildman–Crippen MR) is 60.1 cm³/mol. The summed E-state index contributed by atoms with van der Waals surface area (Å²) in [5.41, 5.74) is -0.179. The van der Waals surface area contributed by atoms with Crippen molar-refractivity contribution < 1.29 is 13.5 Å². The largest absolute Gasteiger partial charge is 0.396 e.